The summed E-state index contributed by atoms with van der Waals surface area (Å²) in [6.45, 7) is 8.10. The Labute approximate surface area is 201 Å². The summed E-state index contributed by atoms with van der Waals surface area (Å²) in [6.07, 6.45) is 4.23. The van der Waals surface area contributed by atoms with Crippen molar-refractivity contribution in [2.75, 3.05) is 33.3 Å². The van der Waals surface area contributed by atoms with Gasteiger partial charge in [-0.25, -0.2) is 9.98 Å². The Morgan fingerprint density at radius 3 is 2.90 bits per heavy atom. The van der Waals surface area contributed by atoms with E-state index in [1.54, 1.807) is 6.20 Å². The summed E-state index contributed by atoms with van der Waals surface area (Å²) in [5.74, 6) is 2.08. The minimum Gasteiger partial charge on any atom is -0.478 e. The van der Waals surface area contributed by atoms with Gasteiger partial charge in [0.2, 0.25) is 5.88 Å². The van der Waals surface area contributed by atoms with Crippen molar-refractivity contribution in [3.63, 3.8) is 0 Å². The van der Waals surface area contributed by atoms with Crippen molar-refractivity contribution in [1.82, 2.24) is 20.5 Å². The molecule has 2 aromatic heterocycles. The highest BCUT2D eigenvalue weighted by Gasteiger charge is 2.31. The molecule has 1 aliphatic heterocycles. The molecule has 1 fully saturated rings. The first-order valence-corrected chi connectivity index (χ1v) is 11.4. The highest BCUT2D eigenvalue weighted by atomic mass is 127. The molecule has 1 saturated heterocycles. The normalized spacial score (nSPS) is 19.8. The molecule has 8 heteroatoms. The molecule has 0 spiro atoms. The zero-order chi connectivity index (χ0) is 20.5. The van der Waals surface area contributed by atoms with Crippen LogP contribution in [0.3, 0.4) is 0 Å². The number of piperidine rings is 1. The first-order chi connectivity index (χ1) is 14.2. The van der Waals surface area contributed by atoms with Crippen molar-refractivity contribution in [3.05, 3.63) is 46.3 Å². The molecule has 1 aliphatic rings. The first kappa shape index (κ1) is 24.9. The van der Waals surface area contributed by atoms with Gasteiger partial charge in [-0.15, -0.1) is 35.3 Å². The van der Waals surface area contributed by atoms with Gasteiger partial charge in [0.25, 0.3) is 0 Å². The van der Waals surface area contributed by atoms with Crippen molar-refractivity contribution in [2.45, 2.75) is 39.3 Å². The Morgan fingerprint density at radius 1 is 1.30 bits per heavy atom. The molecule has 6 nitrogen and oxygen atoms in total. The second-order valence-corrected chi connectivity index (χ2v) is 8.30. The van der Waals surface area contributed by atoms with E-state index in [4.69, 9.17) is 9.73 Å². The molecular weight excluding hydrogens is 509 g/mol. The smallest absolute Gasteiger partial charge is 0.218 e. The molecule has 3 rings (SSSR count). The van der Waals surface area contributed by atoms with E-state index < -0.39 is 0 Å². The van der Waals surface area contributed by atoms with Gasteiger partial charge in [0.15, 0.2) is 5.96 Å². The average Bonchev–Trinajstić information content (AvgIpc) is 3.25. The number of hydrogen-bond donors (Lipinski definition) is 2. The molecule has 0 saturated carbocycles. The summed E-state index contributed by atoms with van der Waals surface area (Å²) in [6, 6.07) is 8.84. The molecule has 2 atom stereocenters. The van der Waals surface area contributed by atoms with Gasteiger partial charge in [0.1, 0.15) is 0 Å². The monoisotopic (exact) mass is 543 g/mol. The number of rotatable bonds is 8. The molecule has 0 aromatic carbocycles. The van der Waals surface area contributed by atoms with Crippen molar-refractivity contribution in [1.29, 1.82) is 0 Å². The van der Waals surface area contributed by atoms with E-state index in [2.05, 4.69) is 52.0 Å². The Morgan fingerprint density at radius 2 is 2.17 bits per heavy atom. The Hall–Kier alpha value is -1.39. The zero-order valence-corrected chi connectivity index (χ0v) is 21.3. The van der Waals surface area contributed by atoms with E-state index in [1.165, 1.54) is 17.7 Å². The van der Waals surface area contributed by atoms with E-state index in [0.29, 0.717) is 31.0 Å². The lowest BCUT2D eigenvalue weighted by Crippen LogP contribution is -2.44. The molecule has 0 aliphatic carbocycles. The Balaban J connectivity index is 0.00000320. The summed E-state index contributed by atoms with van der Waals surface area (Å²) in [4.78, 5) is 13.1. The number of halogens is 1. The third-order valence-corrected chi connectivity index (χ3v) is 6.20. The van der Waals surface area contributed by atoms with Gasteiger partial charge in [-0.3, -0.25) is 4.90 Å². The molecular formula is C22H34IN5OS. The van der Waals surface area contributed by atoms with Crippen LogP contribution in [0, 0.1) is 5.92 Å². The maximum absolute atomic E-state index is 5.63. The number of aliphatic imine (C=N–C) groups is 1. The third kappa shape index (κ3) is 6.81. The molecule has 2 aromatic rings. The predicted molar refractivity (Wildman–Crippen MR) is 136 cm³/mol. The summed E-state index contributed by atoms with van der Waals surface area (Å²) in [5, 5.41) is 9.13. The predicted octanol–water partition coefficient (Wildman–Crippen LogP) is 4.30. The second-order valence-electron chi connectivity index (χ2n) is 7.32. The SMILES string of the molecule is CCNC(=NCc1cccnc1OCC)NCC1CCCN(C)C1c1cccs1.I. The van der Waals surface area contributed by atoms with Crippen LogP contribution in [0.4, 0.5) is 0 Å². The van der Waals surface area contributed by atoms with Crippen LogP contribution in [0.25, 0.3) is 0 Å². The maximum Gasteiger partial charge on any atom is 0.218 e. The topological polar surface area (TPSA) is 61.8 Å². The number of nitrogens with one attached hydrogen (secondary N) is 2. The minimum atomic E-state index is 0. The summed E-state index contributed by atoms with van der Waals surface area (Å²) in [5.41, 5.74) is 1.00. The van der Waals surface area contributed by atoms with Gasteiger partial charge in [-0.1, -0.05) is 12.1 Å². The summed E-state index contributed by atoms with van der Waals surface area (Å²) in [7, 11) is 2.24. The standard InChI is InChI=1S/C22H33N5OS.HI/c1-4-23-22(26-16-18-9-6-12-24-21(18)28-5-2)25-15-17-10-7-13-27(3)20(17)19-11-8-14-29-19;/h6,8-9,11-12,14,17,20H,4-5,7,10,13,15-16H2,1-3H3,(H2,23,25,26);1H. The highest BCUT2D eigenvalue weighted by Crippen LogP contribution is 2.36. The minimum absolute atomic E-state index is 0. The Kier molecular flexibility index (Phi) is 10.9. The van der Waals surface area contributed by atoms with E-state index in [0.717, 1.165) is 31.2 Å². The lowest BCUT2D eigenvalue weighted by atomic mass is 9.88. The quantitative estimate of drug-likeness (QED) is 0.296. The van der Waals surface area contributed by atoms with Crippen molar-refractivity contribution < 1.29 is 4.74 Å². The molecule has 166 valence electrons. The molecule has 0 radical (unpaired) electrons. The van der Waals surface area contributed by atoms with Crippen LogP contribution in [0.15, 0.2) is 40.8 Å². The van der Waals surface area contributed by atoms with Crippen LogP contribution in [0.5, 0.6) is 5.88 Å². The lowest BCUT2D eigenvalue weighted by molar-refractivity contribution is 0.125. The summed E-state index contributed by atoms with van der Waals surface area (Å²) >= 11 is 1.86. The van der Waals surface area contributed by atoms with Gasteiger partial charge >= 0.3 is 0 Å². The van der Waals surface area contributed by atoms with Gasteiger partial charge in [-0.05, 0) is 63.7 Å². The van der Waals surface area contributed by atoms with Crippen molar-refractivity contribution in [3.8, 4) is 5.88 Å². The van der Waals surface area contributed by atoms with Crippen LogP contribution >= 0.6 is 35.3 Å². The van der Waals surface area contributed by atoms with Crippen LogP contribution < -0.4 is 15.4 Å². The van der Waals surface area contributed by atoms with E-state index >= 15 is 0 Å². The van der Waals surface area contributed by atoms with Crippen molar-refractivity contribution >= 4 is 41.3 Å². The van der Waals surface area contributed by atoms with Crippen LogP contribution in [0.1, 0.15) is 43.2 Å². The second kappa shape index (κ2) is 13.1. The maximum atomic E-state index is 5.63. The number of aromatic nitrogens is 1. The third-order valence-electron chi connectivity index (χ3n) is 5.26. The summed E-state index contributed by atoms with van der Waals surface area (Å²) < 4.78 is 5.63. The van der Waals surface area contributed by atoms with Crippen LogP contribution in [-0.4, -0.2) is 49.1 Å². The lowest BCUT2D eigenvalue weighted by Gasteiger charge is -2.39. The fourth-order valence-electron chi connectivity index (χ4n) is 3.93. The first-order valence-electron chi connectivity index (χ1n) is 10.5. The van der Waals surface area contributed by atoms with Gasteiger partial charge in [0, 0.05) is 35.8 Å². The molecule has 0 amide bonds. The van der Waals surface area contributed by atoms with Crippen molar-refractivity contribution in [2.24, 2.45) is 10.9 Å². The van der Waals surface area contributed by atoms with E-state index in [9.17, 15) is 0 Å². The molecule has 2 N–H and O–H groups in total. The zero-order valence-electron chi connectivity index (χ0n) is 18.1. The highest BCUT2D eigenvalue weighted by molar-refractivity contribution is 14.0. The number of ether oxygens (including phenoxy) is 1. The Bertz CT molecular complexity index is 771. The van der Waals surface area contributed by atoms with Crippen LogP contribution in [0.2, 0.25) is 0 Å². The molecule has 3 heterocycles. The molecule has 0 bridgehead atoms. The number of nitrogens with zero attached hydrogens (tertiary/aromatic N) is 3. The van der Waals surface area contributed by atoms with E-state index in [1.807, 2.05) is 30.4 Å². The molecule has 2 unspecified atom stereocenters. The number of likely N-dealkylation sites (tertiary alicyclic amines) is 1. The number of hydrogen-bond acceptors (Lipinski definition) is 5. The van der Waals surface area contributed by atoms with Gasteiger partial charge in [0.05, 0.1) is 13.2 Å². The van der Waals surface area contributed by atoms with Gasteiger partial charge in [-0.2, -0.15) is 0 Å². The number of pyridine rings is 1. The fourth-order valence-corrected chi connectivity index (χ4v) is 4.91. The van der Waals surface area contributed by atoms with Gasteiger partial charge < -0.3 is 15.4 Å². The molecule has 30 heavy (non-hydrogen) atoms. The number of guanidine groups is 1. The number of thiophene rings is 1. The van der Waals surface area contributed by atoms with Crippen LogP contribution in [-0.2, 0) is 6.54 Å². The fraction of sp³-hybridized carbons (Fsp3) is 0.545. The largest absolute Gasteiger partial charge is 0.478 e. The average molecular weight is 544 g/mol. The van der Waals surface area contributed by atoms with E-state index in [-0.39, 0.29) is 24.0 Å².